The number of nitrogens with zero attached hydrogens (tertiary/aromatic N) is 1. The molecule has 0 aliphatic heterocycles. The first kappa shape index (κ1) is 17.8. The van der Waals surface area contributed by atoms with Gasteiger partial charge in [0.05, 0.1) is 4.88 Å². The minimum Gasteiger partial charge on any atom is -0.364 e. The zero-order chi connectivity index (χ0) is 18.5. The van der Waals surface area contributed by atoms with Crippen LogP contribution >= 0.6 is 11.3 Å². The van der Waals surface area contributed by atoms with E-state index >= 15 is 0 Å². The minimum atomic E-state index is -0.595. The summed E-state index contributed by atoms with van der Waals surface area (Å²) in [5, 5.41) is 2.85. The van der Waals surface area contributed by atoms with Gasteiger partial charge in [0.15, 0.2) is 0 Å². The SMILES string of the molecule is NC(=O)c1cc(-c2ccc(C(=O)NCCc3ccc(F)cc3)s2)ccn1. The van der Waals surface area contributed by atoms with Crippen molar-refractivity contribution in [1.29, 1.82) is 0 Å². The molecule has 2 amide bonds. The van der Waals surface area contributed by atoms with E-state index in [9.17, 15) is 14.0 Å². The maximum Gasteiger partial charge on any atom is 0.267 e. The topological polar surface area (TPSA) is 85.1 Å². The van der Waals surface area contributed by atoms with Crippen molar-refractivity contribution >= 4 is 23.2 Å². The summed E-state index contributed by atoms with van der Waals surface area (Å²) in [4.78, 5) is 28.8. The highest BCUT2D eigenvalue weighted by atomic mass is 32.1. The molecule has 5 nitrogen and oxygen atoms in total. The van der Waals surface area contributed by atoms with Gasteiger partial charge in [-0.25, -0.2) is 4.39 Å². The van der Waals surface area contributed by atoms with Crippen molar-refractivity contribution in [2.45, 2.75) is 6.42 Å². The molecule has 3 rings (SSSR count). The number of pyridine rings is 1. The first-order chi connectivity index (χ1) is 12.5. The normalized spacial score (nSPS) is 10.5. The average molecular weight is 369 g/mol. The fourth-order valence-electron chi connectivity index (χ4n) is 2.39. The van der Waals surface area contributed by atoms with Gasteiger partial charge in [-0.1, -0.05) is 12.1 Å². The van der Waals surface area contributed by atoms with E-state index in [0.29, 0.717) is 17.8 Å². The second-order valence-electron chi connectivity index (χ2n) is 5.59. The van der Waals surface area contributed by atoms with Crippen LogP contribution in [0.4, 0.5) is 4.39 Å². The molecule has 26 heavy (non-hydrogen) atoms. The highest BCUT2D eigenvalue weighted by Crippen LogP contribution is 2.28. The lowest BCUT2D eigenvalue weighted by molar-refractivity contribution is 0.0956. The molecule has 3 aromatic rings. The van der Waals surface area contributed by atoms with Gasteiger partial charge in [-0.3, -0.25) is 14.6 Å². The molecule has 0 bridgehead atoms. The quantitative estimate of drug-likeness (QED) is 0.700. The molecule has 0 spiro atoms. The van der Waals surface area contributed by atoms with Gasteiger partial charge in [-0.2, -0.15) is 0 Å². The molecule has 1 aromatic carbocycles. The highest BCUT2D eigenvalue weighted by molar-refractivity contribution is 7.17. The fraction of sp³-hybridized carbons (Fsp3) is 0.105. The molecule has 132 valence electrons. The molecular weight excluding hydrogens is 353 g/mol. The van der Waals surface area contributed by atoms with E-state index in [-0.39, 0.29) is 17.4 Å². The number of aromatic nitrogens is 1. The minimum absolute atomic E-state index is 0.174. The summed E-state index contributed by atoms with van der Waals surface area (Å²) < 4.78 is 12.9. The third-order valence-electron chi connectivity index (χ3n) is 3.74. The Labute approximate surface area is 153 Å². The maximum absolute atomic E-state index is 12.9. The van der Waals surface area contributed by atoms with Gasteiger partial charge in [-0.15, -0.1) is 11.3 Å². The van der Waals surface area contributed by atoms with Crippen LogP contribution in [-0.4, -0.2) is 23.3 Å². The van der Waals surface area contributed by atoms with E-state index in [1.54, 1.807) is 30.3 Å². The number of hydrogen-bond acceptors (Lipinski definition) is 4. The van der Waals surface area contributed by atoms with Crippen molar-refractivity contribution in [2.24, 2.45) is 5.73 Å². The van der Waals surface area contributed by atoms with Crippen molar-refractivity contribution in [1.82, 2.24) is 10.3 Å². The van der Waals surface area contributed by atoms with E-state index in [1.807, 2.05) is 6.07 Å². The summed E-state index contributed by atoms with van der Waals surface area (Å²) in [5.41, 5.74) is 7.16. The largest absolute Gasteiger partial charge is 0.364 e. The van der Waals surface area contributed by atoms with Crippen molar-refractivity contribution in [3.63, 3.8) is 0 Å². The van der Waals surface area contributed by atoms with Gasteiger partial charge in [0.25, 0.3) is 11.8 Å². The van der Waals surface area contributed by atoms with Gasteiger partial charge in [0, 0.05) is 17.6 Å². The molecule has 0 fully saturated rings. The van der Waals surface area contributed by atoms with Gasteiger partial charge in [-0.05, 0) is 53.9 Å². The summed E-state index contributed by atoms with van der Waals surface area (Å²) in [5.74, 6) is -1.05. The molecule has 0 unspecified atom stereocenters. The van der Waals surface area contributed by atoms with Crippen LogP contribution in [0.1, 0.15) is 25.7 Å². The lowest BCUT2D eigenvalue weighted by Gasteiger charge is -2.04. The number of primary amides is 1. The molecule has 7 heteroatoms. The van der Waals surface area contributed by atoms with Crippen molar-refractivity contribution < 1.29 is 14.0 Å². The van der Waals surface area contributed by atoms with Crippen molar-refractivity contribution in [3.8, 4) is 10.4 Å². The summed E-state index contributed by atoms with van der Waals surface area (Å²) in [7, 11) is 0. The number of nitrogens with two attached hydrogens (primary N) is 1. The summed E-state index contributed by atoms with van der Waals surface area (Å²) >= 11 is 1.32. The number of rotatable bonds is 6. The highest BCUT2D eigenvalue weighted by Gasteiger charge is 2.11. The molecule has 0 atom stereocenters. The number of thiophene rings is 1. The molecule has 2 aromatic heterocycles. The predicted octanol–water partition coefficient (Wildman–Crippen LogP) is 3.02. The fourth-order valence-corrected chi connectivity index (χ4v) is 3.31. The van der Waals surface area contributed by atoms with Gasteiger partial charge >= 0.3 is 0 Å². The lowest BCUT2D eigenvalue weighted by atomic mass is 10.1. The Kier molecular flexibility index (Phi) is 5.38. The van der Waals surface area contributed by atoms with E-state index < -0.39 is 5.91 Å². The first-order valence-corrected chi connectivity index (χ1v) is 8.73. The Bertz CT molecular complexity index is 938. The van der Waals surface area contributed by atoms with Crippen LogP contribution in [0.25, 0.3) is 10.4 Å². The second kappa shape index (κ2) is 7.88. The Morgan fingerprint density at radius 2 is 1.88 bits per heavy atom. The third kappa shape index (κ3) is 4.31. The predicted molar refractivity (Wildman–Crippen MR) is 98.5 cm³/mol. The van der Waals surface area contributed by atoms with Crippen LogP contribution in [0.3, 0.4) is 0 Å². The number of nitrogens with one attached hydrogen (secondary N) is 1. The van der Waals surface area contributed by atoms with Crippen LogP contribution in [0, 0.1) is 5.82 Å². The van der Waals surface area contributed by atoms with E-state index in [4.69, 9.17) is 5.73 Å². The Morgan fingerprint density at radius 3 is 2.62 bits per heavy atom. The third-order valence-corrected chi connectivity index (χ3v) is 4.87. The van der Waals surface area contributed by atoms with Gasteiger partial charge < -0.3 is 11.1 Å². The maximum atomic E-state index is 12.9. The van der Waals surface area contributed by atoms with E-state index in [1.165, 1.54) is 29.7 Å². The van der Waals surface area contributed by atoms with Gasteiger partial charge in [0.2, 0.25) is 0 Å². The Hall–Kier alpha value is -3.06. The summed E-state index contributed by atoms with van der Waals surface area (Å²) in [6, 6.07) is 13.1. The van der Waals surface area contributed by atoms with Crippen LogP contribution in [0.5, 0.6) is 0 Å². The van der Waals surface area contributed by atoms with Crippen LogP contribution in [0.15, 0.2) is 54.7 Å². The first-order valence-electron chi connectivity index (χ1n) is 7.91. The number of amides is 2. The molecule has 0 radical (unpaired) electrons. The van der Waals surface area contributed by atoms with E-state index in [0.717, 1.165) is 16.0 Å². The number of hydrogen-bond donors (Lipinski definition) is 2. The molecule has 0 saturated heterocycles. The summed E-state index contributed by atoms with van der Waals surface area (Å²) in [6.07, 6.45) is 2.13. The molecule has 0 aliphatic carbocycles. The van der Waals surface area contributed by atoms with Crippen LogP contribution < -0.4 is 11.1 Å². The number of halogens is 1. The van der Waals surface area contributed by atoms with Crippen LogP contribution in [0.2, 0.25) is 0 Å². The lowest BCUT2D eigenvalue weighted by Crippen LogP contribution is -2.24. The van der Waals surface area contributed by atoms with Crippen molar-refractivity contribution in [2.75, 3.05) is 6.54 Å². The smallest absolute Gasteiger partial charge is 0.267 e. The van der Waals surface area contributed by atoms with Crippen LogP contribution in [-0.2, 0) is 6.42 Å². The molecule has 0 saturated carbocycles. The van der Waals surface area contributed by atoms with Crippen molar-refractivity contribution in [3.05, 3.63) is 76.7 Å². The Balaban J connectivity index is 1.62. The molecular formula is C19H16FN3O2S. The zero-order valence-corrected chi connectivity index (χ0v) is 14.6. The monoisotopic (exact) mass is 369 g/mol. The standard InChI is InChI=1S/C19H16FN3O2S/c20-14-3-1-12(2-4-14)7-9-23-19(25)17-6-5-16(26-17)13-8-10-22-15(11-13)18(21)24/h1-6,8,10-11H,7,9H2,(H2,21,24)(H,23,25). The number of benzene rings is 1. The molecule has 2 heterocycles. The second-order valence-corrected chi connectivity index (χ2v) is 6.67. The zero-order valence-electron chi connectivity index (χ0n) is 13.7. The Morgan fingerprint density at radius 1 is 1.12 bits per heavy atom. The number of carbonyl (C=O) groups is 2. The van der Waals surface area contributed by atoms with E-state index in [2.05, 4.69) is 10.3 Å². The van der Waals surface area contributed by atoms with Gasteiger partial charge in [0.1, 0.15) is 11.5 Å². The molecule has 0 aliphatic rings. The summed E-state index contributed by atoms with van der Waals surface area (Å²) in [6.45, 7) is 0.457. The average Bonchev–Trinajstić information content (AvgIpc) is 3.14. The molecule has 3 N–H and O–H groups in total. The number of carbonyl (C=O) groups excluding carboxylic acids is 2.